The van der Waals surface area contributed by atoms with Crippen molar-refractivity contribution in [1.29, 1.82) is 0 Å². The first kappa shape index (κ1) is 11.0. The number of rotatable bonds is 4. The Labute approximate surface area is 93.0 Å². The largest absolute Gasteiger partial charge is 0.337 e. The number of nitrogens with zero attached hydrogens (tertiary/aromatic N) is 1. The van der Waals surface area contributed by atoms with Crippen molar-refractivity contribution in [2.24, 2.45) is 17.8 Å². The minimum Gasteiger partial charge on any atom is -0.337 e. The van der Waals surface area contributed by atoms with Crippen LogP contribution in [0.3, 0.4) is 0 Å². The van der Waals surface area contributed by atoms with Crippen LogP contribution in [0.4, 0.5) is 0 Å². The molecule has 0 aliphatic heterocycles. The van der Waals surface area contributed by atoms with Crippen molar-refractivity contribution < 1.29 is 4.79 Å². The van der Waals surface area contributed by atoms with E-state index in [4.69, 9.17) is 0 Å². The Morgan fingerprint density at radius 3 is 2.13 bits per heavy atom. The maximum absolute atomic E-state index is 12.3. The standard InChI is InChI=1S/C13H23NO/c1-8(2)10(4)14(11-5-6-11)13(15)12-7-9(12)3/h8-12H,5-7H2,1-4H3. The first-order chi connectivity index (χ1) is 7.02. The molecule has 2 heteroatoms. The van der Waals surface area contributed by atoms with Crippen LogP contribution in [-0.4, -0.2) is 22.9 Å². The van der Waals surface area contributed by atoms with Crippen molar-refractivity contribution in [2.75, 3.05) is 0 Å². The van der Waals surface area contributed by atoms with Crippen molar-refractivity contribution in [3.8, 4) is 0 Å². The highest BCUT2D eigenvalue weighted by Crippen LogP contribution is 2.42. The van der Waals surface area contributed by atoms with E-state index in [1.165, 1.54) is 12.8 Å². The van der Waals surface area contributed by atoms with Crippen molar-refractivity contribution >= 4 is 5.91 Å². The molecular formula is C13H23NO. The van der Waals surface area contributed by atoms with Gasteiger partial charge in [0.05, 0.1) is 0 Å². The van der Waals surface area contributed by atoms with Crippen LogP contribution in [0.5, 0.6) is 0 Å². The third-order valence-corrected chi connectivity index (χ3v) is 4.03. The molecule has 2 aliphatic rings. The molecular weight excluding hydrogens is 186 g/mol. The van der Waals surface area contributed by atoms with Crippen LogP contribution in [-0.2, 0) is 4.79 Å². The third-order valence-electron chi connectivity index (χ3n) is 4.03. The summed E-state index contributed by atoms with van der Waals surface area (Å²) < 4.78 is 0. The second-order valence-electron chi connectivity index (χ2n) is 5.78. The smallest absolute Gasteiger partial charge is 0.226 e. The molecule has 86 valence electrons. The van der Waals surface area contributed by atoms with Gasteiger partial charge < -0.3 is 4.90 Å². The van der Waals surface area contributed by atoms with Gasteiger partial charge in [0.15, 0.2) is 0 Å². The first-order valence-electron chi connectivity index (χ1n) is 6.34. The highest BCUT2D eigenvalue weighted by Gasteiger charge is 2.46. The lowest BCUT2D eigenvalue weighted by atomic mass is 10.0. The van der Waals surface area contributed by atoms with Gasteiger partial charge in [0.25, 0.3) is 0 Å². The number of carbonyl (C=O) groups is 1. The Bertz CT molecular complexity index is 257. The van der Waals surface area contributed by atoms with E-state index in [-0.39, 0.29) is 0 Å². The van der Waals surface area contributed by atoms with Gasteiger partial charge in [-0.2, -0.15) is 0 Å². The average Bonchev–Trinajstić information content (AvgIpc) is 3.01. The number of carbonyl (C=O) groups excluding carboxylic acids is 1. The monoisotopic (exact) mass is 209 g/mol. The zero-order chi connectivity index (χ0) is 11.2. The van der Waals surface area contributed by atoms with Gasteiger partial charge in [0.2, 0.25) is 5.91 Å². The summed E-state index contributed by atoms with van der Waals surface area (Å²) in [7, 11) is 0. The SMILES string of the molecule is CC(C)C(C)N(C(=O)C1CC1C)C1CC1. The maximum atomic E-state index is 12.3. The fourth-order valence-electron chi connectivity index (χ4n) is 2.24. The molecule has 2 rings (SSSR count). The van der Waals surface area contributed by atoms with Gasteiger partial charge >= 0.3 is 0 Å². The summed E-state index contributed by atoms with van der Waals surface area (Å²) in [5.74, 6) is 2.00. The van der Waals surface area contributed by atoms with Gasteiger partial charge in [-0.15, -0.1) is 0 Å². The van der Waals surface area contributed by atoms with Gasteiger partial charge in [-0.25, -0.2) is 0 Å². The molecule has 0 aromatic heterocycles. The molecule has 0 aromatic rings. The Hall–Kier alpha value is -0.530. The van der Waals surface area contributed by atoms with Gasteiger partial charge in [0.1, 0.15) is 0 Å². The van der Waals surface area contributed by atoms with E-state index < -0.39 is 0 Å². The molecule has 15 heavy (non-hydrogen) atoms. The molecule has 2 nitrogen and oxygen atoms in total. The van der Waals surface area contributed by atoms with Crippen LogP contribution >= 0.6 is 0 Å². The predicted molar refractivity (Wildman–Crippen MR) is 61.4 cm³/mol. The van der Waals surface area contributed by atoms with Crippen molar-refractivity contribution in [1.82, 2.24) is 4.90 Å². The molecule has 0 N–H and O–H groups in total. The number of hydrogen-bond donors (Lipinski definition) is 0. The summed E-state index contributed by atoms with van der Waals surface area (Å²) >= 11 is 0. The Balaban J connectivity index is 2.02. The zero-order valence-corrected chi connectivity index (χ0v) is 10.4. The van der Waals surface area contributed by atoms with E-state index in [9.17, 15) is 4.79 Å². The van der Waals surface area contributed by atoms with E-state index >= 15 is 0 Å². The molecule has 1 amide bonds. The van der Waals surface area contributed by atoms with Crippen LogP contribution in [0.25, 0.3) is 0 Å². The van der Waals surface area contributed by atoms with E-state index in [1.807, 2.05) is 0 Å². The van der Waals surface area contributed by atoms with Gasteiger partial charge in [0, 0.05) is 18.0 Å². The average molecular weight is 209 g/mol. The molecule has 0 spiro atoms. The van der Waals surface area contributed by atoms with Crippen LogP contribution in [0.1, 0.15) is 47.0 Å². The van der Waals surface area contributed by atoms with Crippen LogP contribution < -0.4 is 0 Å². The Morgan fingerprint density at radius 1 is 1.27 bits per heavy atom. The Kier molecular flexibility index (Phi) is 2.78. The topological polar surface area (TPSA) is 20.3 Å². The lowest BCUT2D eigenvalue weighted by Crippen LogP contribution is -2.44. The van der Waals surface area contributed by atoms with E-state index in [0.29, 0.717) is 35.7 Å². The second kappa shape index (κ2) is 3.80. The van der Waals surface area contributed by atoms with Crippen LogP contribution in [0.2, 0.25) is 0 Å². The molecule has 0 saturated heterocycles. The molecule has 0 radical (unpaired) electrons. The van der Waals surface area contributed by atoms with Crippen LogP contribution in [0.15, 0.2) is 0 Å². The van der Waals surface area contributed by atoms with Crippen molar-refractivity contribution in [2.45, 2.75) is 59.0 Å². The maximum Gasteiger partial charge on any atom is 0.226 e. The summed E-state index contributed by atoms with van der Waals surface area (Å²) in [5, 5.41) is 0. The summed E-state index contributed by atoms with van der Waals surface area (Å²) in [5.41, 5.74) is 0. The lowest BCUT2D eigenvalue weighted by Gasteiger charge is -2.32. The normalized spacial score (nSPS) is 31.5. The first-order valence-corrected chi connectivity index (χ1v) is 6.34. The third kappa shape index (κ3) is 2.19. The molecule has 3 atom stereocenters. The highest BCUT2D eigenvalue weighted by atomic mass is 16.2. The second-order valence-corrected chi connectivity index (χ2v) is 5.78. The predicted octanol–water partition coefficient (Wildman–Crippen LogP) is 2.68. The summed E-state index contributed by atoms with van der Waals surface area (Å²) in [4.78, 5) is 14.5. The quantitative estimate of drug-likeness (QED) is 0.697. The molecule has 2 fully saturated rings. The van der Waals surface area contributed by atoms with Gasteiger partial charge in [-0.3, -0.25) is 4.79 Å². The molecule has 2 saturated carbocycles. The Morgan fingerprint density at radius 2 is 1.80 bits per heavy atom. The highest BCUT2D eigenvalue weighted by molar-refractivity contribution is 5.82. The minimum atomic E-state index is 0.354. The summed E-state index contributed by atoms with van der Waals surface area (Å²) in [6, 6.07) is 0.987. The fraction of sp³-hybridized carbons (Fsp3) is 0.923. The van der Waals surface area contributed by atoms with E-state index in [2.05, 4.69) is 32.6 Å². The molecule has 3 unspecified atom stereocenters. The summed E-state index contributed by atoms with van der Waals surface area (Å²) in [6.07, 6.45) is 3.57. The lowest BCUT2D eigenvalue weighted by molar-refractivity contribution is -0.136. The minimum absolute atomic E-state index is 0.354. The zero-order valence-electron chi connectivity index (χ0n) is 10.4. The van der Waals surface area contributed by atoms with Crippen molar-refractivity contribution in [3.63, 3.8) is 0 Å². The van der Waals surface area contributed by atoms with Crippen molar-refractivity contribution in [3.05, 3.63) is 0 Å². The number of amides is 1. The molecule has 2 aliphatic carbocycles. The fourth-order valence-corrected chi connectivity index (χ4v) is 2.24. The molecule has 0 bridgehead atoms. The van der Waals surface area contributed by atoms with Gasteiger partial charge in [-0.1, -0.05) is 20.8 Å². The van der Waals surface area contributed by atoms with Crippen LogP contribution in [0, 0.1) is 17.8 Å². The molecule has 0 aromatic carbocycles. The number of hydrogen-bond acceptors (Lipinski definition) is 1. The van der Waals surface area contributed by atoms with Gasteiger partial charge in [-0.05, 0) is 38.0 Å². The summed E-state index contributed by atoms with van der Waals surface area (Å²) in [6.45, 7) is 8.81. The molecule has 0 heterocycles. The van der Waals surface area contributed by atoms with E-state index in [1.54, 1.807) is 0 Å². The van der Waals surface area contributed by atoms with E-state index in [0.717, 1.165) is 6.42 Å².